The Morgan fingerprint density at radius 3 is 2.33 bits per heavy atom. The molecule has 9 heteroatoms. The van der Waals surface area contributed by atoms with Gasteiger partial charge in [-0.1, -0.05) is 42.5 Å². The van der Waals surface area contributed by atoms with Gasteiger partial charge in [0.2, 0.25) is 0 Å². The molecule has 6 rings (SSSR count). The molecule has 0 aliphatic carbocycles. The first-order chi connectivity index (χ1) is 19.4. The number of fused-ring (bicyclic) bond motifs is 1. The number of piperazine rings is 1. The lowest BCUT2D eigenvalue weighted by Crippen LogP contribution is -2.57. The summed E-state index contributed by atoms with van der Waals surface area (Å²) in [6.07, 6.45) is 0.815. The lowest BCUT2D eigenvalue weighted by Gasteiger charge is -2.42. The summed E-state index contributed by atoms with van der Waals surface area (Å²) in [5.41, 5.74) is 12.5. The van der Waals surface area contributed by atoms with Gasteiger partial charge in [0.1, 0.15) is 11.3 Å². The number of hydrogen-bond acceptors (Lipinski definition) is 6. The molecule has 40 heavy (non-hydrogen) atoms. The van der Waals surface area contributed by atoms with E-state index in [-0.39, 0.29) is 12.1 Å². The van der Waals surface area contributed by atoms with Crippen molar-refractivity contribution in [3.05, 3.63) is 90.6 Å². The van der Waals surface area contributed by atoms with Gasteiger partial charge in [-0.3, -0.25) is 9.47 Å². The molecule has 1 aliphatic rings. The molecule has 2 atom stereocenters. The van der Waals surface area contributed by atoms with E-state index >= 15 is 0 Å². The van der Waals surface area contributed by atoms with Crippen LogP contribution < -0.4 is 5.73 Å². The summed E-state index contributed by atoms with van der Waals surface area (Å²) in [7, 11) is 0. The molecular formula is C31H31N7O2. The molecule has 0 saturated carbocycles. The van der Waals surface area contributed by atoms with E-state index in [2.05, 4.69) is 34.1 Å². The molecular weight excluding hydrogens is 502 g/mol. The molecule has 5 aromatic rings. The number of nitrogens with two attached hydrogens (primary N) is 1. The van der Waals surface area contributed by atoms with Gasteiger partial charge in [0.25, 0.3) is 0 Å². The predicted octanol–water partition coefficient (Wildman–Crippen LogP) is 5.30. The Morgan fingerprint density at radius 2 is 1.65 bits per heavy atom. The molecule has 3 N–H and O–H groups in total. The molecule has 1 aliphatic heterocycles. The molecule has 202 valence electrons. The third-order valence-electron chi connectivity index (χ3n) is 7.47. The number of carboxylic acid groups (broad SMARTS) is 1. The van der Waals surface area contributed by atoms with Crippen molar-refractivity contribution < 1.29 is 9.90 Å². The maximum absolute atomic E-state index is 11.6. The van der Waals surface area contributed by atoms with Gasteiger partial charge in [-0.25, -0.2) is 19.7 Å². The van der Waals surface area contributed by atoms with E-state index in [1.165, 1.54) is 0 Å². The minimum Gasteiger partial charge on any atom is -0.465 e. The van der Waals surface area contributed by atoms with E-state index in [1.54, 1.807) is 11.1 Å². The third kappa shape index (κ3) is 4.76. The third-order valence-corrected chi connectivity index (χ3v) is 7.47. The van der Waals surface area contributed by atoms with Gasteiger partial charge in [-0.05, 0) is 55.8 Å². The maximum Gasteiger partial charge on any atom is 0.407 e. The summed E-state index contributed by atoms with van der Waals surface area (Å²) in [5, 5.41) is 9.54. The molecule has 3 aromatic heterocycles. The fraction of sp³-hybridized carbons (Fsp3) is 0.226. The van der Waals surface area contributed by atoms with Crippen LogP contribution in [0.1, 0.15) is 19.4 Å². The Labute approximate surface area is 232 Å². The predicted molar refractivity (Wildman–Crippen MR) is 156 cm³/mol. The monoisotopic (exact) mass is 533 g/mol. The number of aromatic nitrogens is 4. The lowest BCUT2D eigenvalue weighted by molar-refractivity contribution is 0.0381. The van der Waals surface area contributed by atoms with Crippen LogP contribution in [0.15, 0.2) is 85.1 Å². The summed E-state index contributed by atoms with van der Waals surface area (Å²) >= 11 is 0. The van der Waals surface area contributed by atoms with Gasteiger partial charge in [-0.15, -0.1) is 0 Å². The second-order valence-corrected chi connectivity index (χ2v) is 10.4. The van der Waals surface area contributed by atoms with Crippen LogP contribution in [0.3, 0.4) is 0 Å². The number of nitrogen functional groups attached to an aromatic ring is 1. The Morgan fingerprint density at radius 1 is 0.925 bits per heavy atom. The van der Waals surface area contributed by atoms with Crippen molar-refractivity contribution in [1.29, 1.82) is 0 Å². The van der Waals surface area contributed by atoms with Crippen molar-refractivity contribution in [3.8, 4) is 28.3 Å². The first kappa shape index (κ1) is 25.5. The van der Waals surface area contributed by atoms with E-state index in [9.17, 15) is 9.90 Å². The molecule has 2 aromatic carbocycles. The van der Waals surface area contributed by atoms with E-state index < -0.39 is 6.09 Å². The number of rotatable bonds is 5. The molecule has 1 saturated heterocycles. The second-order valence-electron chi connectivity index (χ2n) is 10.4. The number of carbonyl (C=O) groups is 1. The maximum atomic E-state index is 11.6. The van der Waals surface area contributed by atoms with Crippen LogP contribution in [-0.4, -0.2) is 65.7 Å². The molecule has 4 heterocycles. The Hall–Kier alpha value is -4.76. The molecule has 2 unspecified atom stereocenters. The molecule has 0 bridgehead atoms. The van der Waals surface area contributed by atoms with Crippen LogP contribution in [0.5, 0.6) is 0 Å². The number of pyridine rings is 2. The van der Waals surface area contributed by atoms with Gasteiger partial charge >= 0.3 is 6.09 Å². The SMILES string of the molecule is CC1CN(Cc2ccc(-n3c(-c4cccnc4N)nc4ccc(-c5ccccc5)nc43)cc2)CC(C)N1C(=O)O. The van der Waals surface area contributed by atoms with Crippen LogP contribution in [0.25, 0.3) is 39.5 Å². The topological polar surface area (TPSA) is 113 Å². The lowest BCUT2D eigenvalue weighted by atomic mass is 10.1. The van der Waals surface area contributed by atoms with Crippen LogP contribution >= 0.6 is 0 Å². The molecule has 9 nitrogen and oxygen atoms in total. The summed E-state index contributed by atoms with van der Waals surface area (Å²) in [4.78, 5) is 29.7. The largest absolute Gasteiger partial charge is 0.465 e. The number of nitrogens with zero attached hydrogens (tertiary/aromatic N) is 6. The van der Waals surface area contributed by atoms with Gasteiger partial charge in [0, 0.05) is 49.2 Å². The Balaban J connectivity index is 1.37. The first-order valence-electron chi connectivity index (χ1n) is 13.4. The van der Waals surface area contributed by atoms with Crippen molar-refractivity contribution in [3.63, 3.8) is 0 Å². The normalized spacial score (nSPS) is 17.8. The van der Waals surface area contributed by atoms with E-state index in [0.29, 0.717) is 24.7 Å². The van der Waals surface area contributed by atoms with Crippen molar-refractivity contribution in [1.82, 2.24) is 29.3 Å². The summed E-state index contributed by atoms with van der Waals surface area (Å²) in [5.74, 6) is 1.08. The highest BCUT2D eigenvalue weighted by Crippen LogP contribution is 2.32. The fourth-order valence-corrected chi connectivity index (χ4v) is 5.71. The summed E-state index contributed by atoms with van der Waals surface area (Å²) < 4.78 is 2.04. The highest BCUT2D eigenvalue weighted by molar-refractivity contribution is 5.84. The highest BCUT2D eigenvalue weighted by atomic mass is 16.4. The van der Waals surface area contributed by atoms with Gasteiger partial charge in [-0.2, -0.15) is 0 Å². The molecule has 1 fully saturated rings. The van der Waals surface area contributed by atoms with Crippen molar-refractivity contribution in [2.45, 2.75) is 32.5 Å². The zero-order valence-corrected chi connectivity index (χ0v) is 22.5. The molecule has 0 spiro atoms. The zero-order valence-electron chi connectivity index (χ0n) is 22.5. The van der Waals surface area contributed by atoms with Crippen molar-refractivity contribution >= 4 is 23.1 Å². The van der Waals surface area contributed by atoms with Crippen LogP contribution in [0, 0.1) is 0 Å². The van der Waals surface area contributed by atoms with Gasteiger partial charge in [0.15, 0.2) is 11.5 Å². The Kier molecular flexibility index (Phi) is 6.65. The zero-order chi connectivity index (χ0) is 27.8. The minimum atomic E-state index is -0.856. The standard InChI is InChI=1S/C31H31N7O2/c1-20-17-36(18-21(2)37(20)31(39)40)19-22-10-12-24(13-11-22)38-29(25-9-6-16-33-28(25)32)35-27-15-14-26(34-30(27)38)23-7-4-3-5-8-23/h3-16,20-21H,17-19H2,1-2H3,(H2,32,33)(H,39,40). The van der Waals surface area contributed by atoms with Crippen LogP contribution in [0.4, 0.5) is 10.6 Å². The van der Waals surface area contributed by atoms with Crippen molar-refractivity contribution in [2.24, 2.45) is 0 Å². The number of hydrogen-bond donors (Lipinski definition) is 2. The van der Waals surface area contributed by atoms with Gasteiger partial charge in [0.05, 0.1) is 11.3 Å². The Bertz CT molecular complexity index is 1660. The minimum absolute atomic E-state index is 0.0600. The fourth-order valence-electron chi connectivity index (χ4n) is 5.71. The van der Waals surface area contributed by atoms with E-state index in [0.717, 1.165) is 45.8 Å². The number of benzene rings is 2. The molecule has 1 amide bonds. The smallest absolute Gasteiger partial charge is 0.407 e. The van der Waals surface area contributed by atoms with Crippen LogP contribution in [0.2, 0.25) is 0 Å². The molecule has 0 radical (unpaired) electrons. The number of imidazole rings is 1. The first-order valence-corrected chi connectivity index (χ1v) is 13.4. The average Bonchev–Trinajstić information content (AvgIpc) is 3.32. The van der Waals surface area contributed by atoms with Crippen molar-refractivity contribution in [2.75, 3.05) is 18.8 Å². The second kappa shape index (κ2) is 10.4. The number of anilines is 1. The van der Waals surface area contributed by atoms with Crippen LogP contribution in [-0.2, 0) is 6.54 Å². The number of amides is 1. The highest BCUT2D eigenvalue weighted by Gasteiger charge is 2.32. The quantitative estimate of drug-likeness (QED) is 0.315. The average molecular weight is 534 g/mol. The summed E-state index contributed by atoms with van der Waals surface area (Å²) in [6.45, 7) is 6.06. The van der Waals surface area contributed by atoms with E-state index in [4.69, 9.17) is 15.7 Å². The van der Waals surface area contributed by atoms with E-state index in [1.807, 2.05) is 73.0 Å². The van der Waals surface area contributed by atoms with Gasteiger partial charge < -0.3 is 15.7 Å². The summed E-state index contributed by atoms with van der Waals surface area (Å²) in [6, 6.07) is 26.1.